The maximum Gasteiger partial charge on any atom is 0.165 e. The molecule has 98 valence electrons. The summed E-state index contributed by atoms with van der Waals surface area (Å²) in [5.74, 6) is 0.239. The molecule has 0 amide bonds. The predicted molar refractivity (Wildman–Crippen MR) is 79.6 cm³/mol. The molecular weight excluding hydrogens is 232 g/mol. The fourth-order valence-corrected chi connectivity index (χ4v) is 2.52. The van der Waals surface area contributed by atoms with Crippen LogP contribution in [0.3, 0.4) is 0 Å². The van der Waals surface area contributed by atoms with Crippen LogP contribution in [0.5, 0.6) is 0 Å². The van der Waals surface area contributed by atoms with Gasteiger partial charge in [0.25, 0.3) is 0 Å². The molecule has 0 spiro atoms. The summed E-state index contributed by atoms with van der Waals surface area (Å²) in [7, 11) is 0. The Bertz CT molecular complexity index is 549. The summed E-state index contributed by atoms with van der Waals surface area (Å²) >= 11 is 0. The Balaban J connectivity index is 2.13. The summed E-state index contributed by atoms with van der Waals surface area (Å²) < 4.78 is 0. The van der Waals surface area contributed by atoms with E-state index in [-0.39, 0.29) is 11.7 Å². The van der Waals surface area contributed by atoms with E-state index >= 15 is 0 Å². The first kappa shape index (κ1) is 13.5. The van der Waals surface area contributed by atoms with Gasteiger partial charge in [-0.3, -0.25) is 4.79 Å². The first-order valence-corrected chi connectivity index (χ1v) is 6.72. The normalized spacial score (nSPS) is 12.2. The zero-order valence-electron chi connectivity index (χ0n) is 11.8. The molecule has 1 unspecified atom stereocenters. The van der Waals surface area contributed by atoms with Crippen molar-refractivity contribution in [3.05, 3.63) is 70.8 Å². The van der Waals surface area contributed by atoms with E-state index < -0.39 is 0 Å². The first-order chi connectivity index (χ1) is 9.06. The molecule has 1 nitrogen and oxygen atoms in total. The Morgan fingerprint density at radius 3 is 2.16 bits per heavy atom. The standard InChI is InChI=1S/C18H20O/c1-13-9-14(2)11-16(10-13)12-15(3)18(19)17-7-5-4-6-8-17/h4-11,15H,12H2,1-3H3. The number of hydrogen-bond donors (Lipinski definition) is 0. The highest BCUT2D eigenvalue weighted by Crippen LogP contribution is 2.17. The van der Waals surface area contributed by atoms with Gasteiger partial charge in [-0.2, -0.15) is 0 Å². The second kappa shape index (κ2) is 5.83. The van der Waals surface area contributed by atoms with Gasteiger partial charge in [-0.15, -0.1) is 0 Å². The summed E-state index contributed by atoms with van der Waals surface area (Å²) in [5, 5.41) is 0. The van der Waals surface area contributed by atoms with E-state index in [0.29, 0.717) is 0 Å². The third kappa shape index (κ3) is 3.54. The van der Waals surface area contributed by atoms with E-state index in [1.165, 1.54) is 16.7 Å². The maximum absolute atomic E-state index is 12.3. The van der Waals surface area contributed by atoms with E-state index in [1.807, 2.05) is 37.3 Å². The number of carbonyl (C=O) groups excluding carboxylic acids is 1. The van der Waals surface area contributed by atoms with Gasteiger partial charge in [-0.25, -0.2) is 0 Å². The summed E-state index contributed by atoms with van der Waals surface area (Å²) in [6, 6.07) is 16.0. The van der Waals surface area contributed by atoms with Crippen molar-refractivity contribution in [1.29, 1.82) is 0 Å². The van der Waals surface area contributed by atoms with Crippen LogP contribution in [0.25, 0.3) is 0 Å². The molecule has 0 bridgehead atoms. The molecule has 0 saturated heterocycles. The Kier molecular flexibility index (Phi) is 4.16. The fourth-order valence-electron chi connectivity index (χ4n) is 2.52. The highest BCUT2D eigenvalue weighted by molar-refractivity contribution is 5.97. The van der Waals surface area contributed by atoms with E-state index in [2.05, 4.69) is 32.0 Å². The second-order valence-electron chi connectivity index (χ2n) is 5.33. The van der Waals surface area contributed by atoms with Crippen LogP contribution in [0.4, 0.5) is 0 Å². The van der Waals surface area contributed by atoms with E-state index in [9.17, 15) is 4.79 Å². The van der Waals surface area contributed by atoms with Gasteiger partial charge in [0.1, 0.15) is 0 Å². The maximum atomic E-state index is 12.3. The van der Waals surface area contributed by atoms with Crippen LogP contribution in [0.15, 0.2) is 48.5 Å². The molecule has 0 aromatic heterocycles. The van der Waals surface area contributed by atoms with Gasteiger partial charge in [0.15, 0.2) is 5.78 Å². The number of Topliss-reactive ketones (excluding diaryl/α,β-unsaturated/α-hetero) is 1. The third-order valence-electron chi connectivity index (χ3n) is 3.33. The molecule has 2 aromatic carbocycles. The lowest BCUT2D eigenvalue weighted by Crippen LogP contribution is -2.14. The Hall–Kier alpha value is -1.89. The molecule has 0 aliphatic carbocycles. The van der Waals surface area contributed by atoms with Gasteiger partial charge in [-0.05, 0) is 25.8 Å². The van der Waals surface area contributed by atoms with Crippen molar-refractivity contribution in [3.63, 3.8) is 0 Å². The van der Waals surface area contributed by atoms with Crippen LogP contribution in [-0.4, -0.2) is 5.78 Å². The lowest BCUT2D eigenvalue weighted by molar-refractivity contribution is 0.0929. The largest absolute Gasteiger partial charge is 0.294 e. The molecule has 0 N–H and O–H groups in total. The monoisotopic (exact) mass is 252 g/mol. The molecule has 0 aliphatic heterocycles. The summed E-state index contributed by atoms with van der Waals surface area (Å²) in [4.78, 5) is 12.3. The average molecular weight is 252 g/mol. The minimum Gasteiger partial charge on any atom is -0.294 e. The molecular formula is C18H20O. The van der Waals surface area contributed by atoms with Gasteiger partial charge in [-0.1, -0.05) is 66.6 Å². The van der Waals surface area contributed by atoms with Crippen molar-refractivity contribution >= 4 is 5.78 Å². The highest BCUT2D eigenvalue weighted by Gasteiger charge is 2.15. The van der Waals surface area contributed by atoms with Gasteiger partial charge >= 0.3 is 0 Å². The number of carbonyl (C=O) groups is 1. The molecule has 0 radical (unpaired) electrons. The van der Waals surface area contributed by atoms with Crippen LogP contribution < -0.4 is 0 Å². The van der Waals surface area contributed by atoms with Crippen LogP contribution in [0.1, 0.15) is 34.0 Å². The lowest BCUT2D eigenvalue weighted by Gasteiger charge is -2.12. The van der Waals surface area contributed by atoms with Gasteiger partial charge < -0.3 is 0 Å². The molecule has 0 heterocycles. The zero-order valence-corrected chi connectivity index (χ0v) is 11.8. The molecule has 19 heavy (non-hydrogen) atoms. The predicted octanol–water partition coefficient (Wildman–Crippen LogP) is 4.36. The number of ketones is 1. The highest BCUT2D eigenvalue weighted by atomic mass is 16.1. The van der Waals surface area contributed by atoms with Gasteiger partial charge in [0.05, 0.1) is 0 Å². The summed E-state index contributed by atoms with van der Waals surface area (Å²) in [6.45, 7) is 6.20. The van der Waals surface area contributed by atoms with Crippen LogP contribution in [0, 0.1) is 19.8 Å². The SMILES string of the molecule is Cc1cc(C)cc(CC(C)C(=O)c2ccccc2)c1. The van der Waals surface area contributed by atoms with Gasteiger partial charge in [0.2, 0.25) is 0 Å². The Morgan fingerprint density at radius 1 is 1.00 bits per heavy atom. The van der Waals surface area contributed by atoms with Crippen molar-refractivity contribution in [2.45, 2.75) is 27.2 Å². The molecule has 0 fully saturated rings. The molecule has 0 saturated carbocycles. The van der Waals surface area contributed by atoms with E-state index in [0.717, 1.165) is 12.0 Å². The number of rotatable bonds is 4. The summed E-state index contributed by atoms with van der Waals surface area (Å²) in [5.41, 5.74) is 4.57. The number of hydrogen-bond acceptors (Lipinski definition) is 1. The fraction of sp³-hybridized carbons (Fsp3) is 0.278. The zero-order chi connectivity index (χ0) is 13.8. The number of benzene rings is 2. The number of aryl methyl sites for hydroxylation is 2. The average Bonchev–Trinajstić information content (AvgIpc) is 2.37. The third-order valence-corrected chi connectivity index (χ3v) is 3.33. The van der Waals surface area contributed by atoms with Crippen molar-refractivity contribution in [2.75, 3.05) is 0 Å². The minimum atomic E-state index is 0.0172. The van der Waals surface area contributed by atoms with E-state index in [4.69, 9.17) is 0 Å². The van der Waals surface area contributed by atoms with Crippen LogP contribution in [-0.2, 0) is 6.42 Å². The second-order valence-corrected chi connectivity index (χ2v) is 5.33. The van der Waals surface area contributed by atoms with Crippen molar-refractivity contribution < 1.29 is 4.79 Å². The molecule has 2 aromatic rings. The van der Waals surface area contributed by atoms with Crippen molar-refractivity contribution in [1.82, 2.24) is 0 Å². The smallest absolute Gasteiger partial charge is 0.165 e. The van der Waals surface area contributed by atoms with Crippen molar-refractivity contribution in [3.8, 4) is 0 Å². The van der Waals surface area contributed by atoms with Crippen LogP contribution in [0.2, 0.25) is 0 Å². The topological polar surface area (TPSA) is 17.1 Å². The van der Waals surface area contributed by atoms with Crippen LogP contribution >= 0.6 is 0 Å². The Morgan fingerprint density at radius 2 is 1.58 bits per heavy atom. The molecule has 2 rings (SSSR count). The van der Waals surface area contributed by atoms with Gasteiger partial charge in [0, 0.05) is 11.5 Å². The summed E-state index contributed by atoms with van der Waals surface area (Å²) in [6.07, 6.45) is 0.802. The molecule has 1 atom stereocenters. The molecule has 0 aliphatic rings. The Labute approximate surface area is 115 Å². The lowest BCUT2D eigenvalue weighted by atomic mass is 9.92. The molecule has 1 heteroatoms. The first-order valence-electron chi connectivity index (χ1n) is 6.72. The quantitative estimate of drug-likeness (QED) is 0.739. The van der Waals surface area contributed by atoms with E-state index in [1.54, 1.807) is 0 Å². The van der Waals surface area contributed by atoms with Crippen molar-refractivity contribution in [2.24, 2.45) is 5.92 Å². The minimum absolute atomic E-state index is 0.0172.